The number of phenols is 1. The van der Waals surface area contributed by atoms with Crippen LogP contribution in [0.1, 0.15) is 41.6 Å². The fourth-order valence-corrected chi connectivity index (χ4v) is 3.20. The van der Waals surface area contributed by atoms with Gasteiger partial charge in [0.05, 0.1) is 25.7 Å². The van der Waals surface area contributed by atoms with Crippen molar-refractivity contribution in [3.8, 4) is 23.3 Å². The van der Waals surface area contributed by atoms with Gasteiger partial charge in [0.1, 0.15) is 28.9 Å². The Morgan fingerprint density at radius 1 is 1.00 bits per heavy atom. The van der Waals surface area contributed by atoms with Crippen molar-refractivity contribution in [1.29, 1.82) is 5.26 Å². The first kappa shape index (κ1) is 25.9. The fourth-order valence-electron chi connectivity index (χ4n) is 3.20. The van der Waals surface area contributed by atoms with Gasteiger partial charge in [0.15, 0.2) is 0 Å². The van der Waals surface area contributed by atoms with Gasteiger partial charge in [0.2, 0.25) is 0 Å². The van der Waals surface area contributed by atoms with E-state index in [9.17, 15) is 14.4 Å². The Kier molecular flexibility index (Phi) is 9.65. The third kappa shape index (κ3) is 7.67. The van der Waals surface area contributed by atoms with Crippen LogP contribution in [0.5, 0.6) is 17.2 Å². The zero-order valence-corrected chi connectivity index (χ0v) is 18.8. The van der Waals surface area contributed by atoms with E-state index in [1.807, 2.05) is 0 Å². The molecule has 9 nitrogen and oxygen atoms in total. The number of nitriles is 1. The van der Waals surface area contributed by atoms with E-state index in [4.69, 9.17) is 29.7 Å². The number of aliphatic carboxylic acids is 1. The topological polar surface area (TPSA) is 143 Å². The van der Waals surface area contributed by atoms with Crippen molar-refractivity contribution < 1.29 is 38.8 Å². The molecule has 1 aliphatic rings. The van der Waals surface area contributed by atoms with Gasteiger partial charge in [-0.15, -0.1) is 0 Å². The van der Waals surface area contributed by atoms with Crippen LogP contribution in [0.2, 0.25) is 0 Å². The van der Waals surface area contributed by atoms with Crippen LogP contribution in [-0.2, 0) is 14.3 Å². The second-order valence-electron chi connectivity index (χ2n) is 7.36. The summed E-state index contributed by atoms with van der Waals surface area (Å²) in [6, 6.07) is 12.1. The number of carbonyl (C=O) groups excluding carboxylic acids is 2. The molecule has 1 aliphatic carbocycles. The van der Waals surface area contributed by atoms with Gasteiger partial charge in [-0.25, -0.2) is 9.59 Å². The molecule has 0 heterocycles. The third-order valence-electron chi connectivity index (χ3n) is 5.02. The predicted octanol–water partition coefficient (Wildman–Crippen LogP) is 3.96. The normalized spacial score (nSPS) is 13.1. The van der Waals surface area contributed by atoms with Crippen molar-refractivity contribution >= 4 is 24.0 Å². The highest BCUT2D eigenvalue weighted by Crippen LogP contribution is 2.27. The zero-order valence-electron chi connectivity index (χ0n) is 18.8. The molecular formula is C25H25NO8. The van der Waals surface area contributed by atoms with E-state index in [0.717, 1.165) is 25.7 Å². The van der Waals surface area contributed by atoms with Gasteiger partial charge in [0.25, 0.3) is 0 Å². The quantitative estimate of drug-likeness (QED) is 0.279. The molecule has 0 saturated heterocycles. The van der Waals surface area contributed by atoms with Gasteiger partial charge >= 0.3 is 17.9 Å². The number of aromatic hydroxyl groups is 1. The molecule has 3 rings (SSSR count). The van der Waals surface area contributed by atoms with Crippen LogP contribution in [0.3, 0.4) is 0 Å². The number of ether oxygens (including phenoxy) is 3. The minimum atomic E-state index is -1.26. The largest absolute Gasteiger partial charge is 0.508 e. The predicted molar refractivity (Wildman–Crippen MR) is 121 cm³/mol. The maximum atomic E-state index is 12.0. The number of hydrogen-bond donors (Lipinski definition) is 2. The molecular weight excluding hydrogens is 442 g/mol. The average Bonchev–Trinajstić information content (AvgIpc) is 3.38. The molecule has 34 heavy (non-hydrogen) atoms. The molecule has 0 radical (unpaired) electrons. The number of carboxylic acid groups (broad SMARTS) is 1. The Bertz CT molecular complexity index is 1070. The summed E-state index contributed by atoms with van der Waals surface area (Å²) in [5.41, 5.74) is 0.463. The van der Waals surface area contributed by atoms with Crippen LogP contribution in [0, 0.1) is 17.2 Å². The molecule has 0 bridgehead atoms. The van der Waals surface area contributed by atoms with Gasteiger partial charge in [0, 0.05) is 6.07 Å². The number of carboxylic acids is 1. The number of esters is 2. The Hall–Kier alpha value is -4.32. The number of benzene rings is 2. The van der Waals surface area contributed by atoms with Crippen LogP contribution in [0.4, 0.5) is 0 Å². The molecule has 2 N–H and O–H groups in total. The molecule has 178 valence electrons. The Morgan fingerprint density at radius 3 is 2.03 bits per heavy atom. The summed E-state index contributed by atoms with van der Waals surface area (Å²) >= 11 is 0. The first-order valence-electron chi connectivity index (χ1n) is 10.4. The number of nitrogens with zero attached hydrogens (tertiary/aromatic N) is 1. The smallest absolute Gasteiger partial charge is 0.346 e. The molecule has 0 aliphatic heterocycles. The number of hydrogen-bond acceptors (Lipinski definition) is 8. The summed E-state index contributed by atoms with van der Waals surface area (Å²) in [6.07, 6.45) is 4.87. The van der Waals surface area contributed by atoms with E-state index in [2.05, 4.69) is 0 Å². The van der Waals surface area contributed by atoms with Gasteiger partial charge in [-0.3, -0.25) is 4.79 Å². The second kappa shape index (κ2) is 12.6. The van der Waals surface area contributed by atoms with Gasteiger partial charge in [-0.05, 0) is 48.7 Å². The lowest BCUT2D eigenvalue weighted by atomic mass is 10.1. The minimum absolute atomic E-state index is 0.0935. The lowest BCUT2D eigenvalue weighted by molar-refractivity contribution is -0.142. The van der Waals surface area contributed by atoms with Crippen LogP contribution in [-0.4, -0.2) is 42.3 Å². The van der Waals surface area contributed by atoms with E-state index < -0.39 is 17.9 Å². The number of phenolic OH excluding ortho intramolecular Hbond substituents is 1. The SMILES string of the molecule is COc1cc(OC)cc(C(=O)OC(=O)C2CCCC2)c1.N#CC(=Cc1ccc(O)cc1)C(=O)O. The van der Waals surface area contributed by atoms with E-state index in [1.165, 1.54) is 56.7 Å². The van der Waals surface area contributed by atoms with Crippen molar-refractivity contribution in [1.82, 2.24) is 0 Å². The summed E-state index contributed by atoms with van der Waals surface area (Å²) in [4.78, 5) is 34.3. The molecule has 2 aromatic rings. The first-order chi connectivity index (χ1) is 16.3. The van der Waals surface area contributed by atoms with Gasteiger partial charge in [-0.2, -0.15) is 5.26 Å². The Morgan fingerprint density at radius 2 is 1.56 bits per heavy atom. The lowest BCUT2D eigenvalue weighted by Gasteiger charge is -2.10. The first-order valence-corrected chi connectivity index (χ1v) is 10.4. The molecule has 0 spiro atoms. The van der Waals surface area contributed by atoms with Crippen LogP contribution in [0.15, 0.2) is 48.0 Å². The monoisotopic (exact) mass is 467 g/mol. The lowest BCUT2D eigenvalue weighted by Crippen LogP contribution is -2.19. The molecule has 0 amide bonds. The summed E-state index contributed by atoms with van der Waals surface area (Å²) in [7, 11) is 2.99. The van der Waals surface area contributed by atoms with Crippen LogP contribution in [0.25, 0.3) is 6.08 Å². The molecule has 0 atom stereocenters. The molecule has 1 fully saturated rings. The summed E-state index contributed by atoms with van der Waals surface area (Å²) in [6.45, 7) is 0. The fraction of sp³-hybridized carbons (Fsp3) is 0.280. The number of rotatable bonds is 6. The standard InChI is InChI=1S/C15H18O5.C10H7NO3/c1-18-12-7-11(8-13(9-12)19-2)15(17)20-14(16)10-5-3-4-6-10;11-6-8(10(13)14)5-7-1-3-9(12)4-2-7/h7-10H,3-6H2,1-2H3;1-5,12H,(H,13,14). The van der Waals surface area contributed by atoms with E-state index in [1.54, 1.807) is 12.1 Å². The highest BCUT2D eigenvalue weighted by molar-refractivity contribution is 5.98. The molecule has 1 saturated carbocycles. The summed E-state index contributed by atoms with van der Waals surface area (Å²) in [5.74, 6) is -1.47. The maximum absolute atomic E-state index is 12.0. The molecule has 9 heteroatoms. The van der Waals surface area contributed by atoms with E-state index >= 15 is 0 Å². The van der Waals surface area contributed by atoms with Crippen LogP contribution < -0.4 is 9.47 Å². The maximum Gasteiger partial charge on any atom is 0.346 e. The molecule has 0 unspecified atom stereocenters. The van der Waals surface area contributed by atoms with Gasteiger partial charge < -0.3 is 24.4 Å². The minimum Gasteiger partial charge on any atom is -0.508 e. The van der Waals surface area contributed by atoms with Crippen LogP contribution >= 0.6 is 0 Å². The third-order valence-corrected chi connectivity index (χ3v) is 5.02. The van der Waals surface area contributed by atoms with Crippen molar-refractivity contribution in [3.63, 3.8) is 0 Å². The number of methoxy groups -OCH3 is 2. The van der Waals surface area contributed by atoms with Crippen molar-refractivity contribution in [2.24, 2.45) is 5.92 Å². The average molecular weight is 467 g/mol. The van der Waals surface area contributed by atoms with Gasteiger partial charge in [-0.1, -0.05) is 25.0 Å². The Balaban J connectivity index is 0.000000257. The highest BCUT2D eigenvalue weighted by Gasteiger charge is 2.26. The summed E-state index contributed by atoms with van der Waals surface area (Å²) in [5, 5.41) is 26.0. The van der Waals surface area contributed by atoms with Crippen molar-refractivity contribution in [2.45, 2.75) is 25.7 Å². The van der Waals surface area contributed by atoms with Crippen molar-refractivity contribution in [2.75, 3.05) is 14.2 Å². The van der Waals surface area contributed by atoms with Crippen molar-refractivity contribution in [3.05, 3.63) is 59.2 Å². The highest BCUT2D eigenvalue weighted by atomic mass is 16.6. The zero-order chi connectivity index (χ0) is 25.1. The second-order valence-corrected chi connectivity index (χ2v) is 7.36. The molecule has 2 aromatic carbocycles. The molecule has 0 aromatic heterocycles. The number of carbonyl (C=O) groups is 3. The Labute approximate surface area is 196 Å². The summed E-state index contributed by atoms with van der Waals surface area (Å²) < 4.78 is 15.1. The van der Waals surface area contributed by atoms with E-state index in [0.29, 0.717) is 17.1 Å². The van der Waals surface area contributed by atoms with E-state index in [-0.39, 0.29) is 22.8 Å².